The first-order valence-electron chi connectivity index (χ1n) is 5.75. The summed E-state index contributed by atoms with van der Waals surface area (Å²) < 4.78 is 1.65. The van der Waals surface area contributed by atoms with Gasteiger partial charge in [0.1, 0.15) is 0 Å². The predicted octanol–water partition coefficient (Wildman–Crippen LogP) is 0.945. The third-order valence-electron chi connectivity index (χ3n) is 2.38. The first-order chi connectivity index (χ1) is 8.79. The molecule has 0 fully saturated rings. The van der Waals surface area contributed by atoms with Crippen molar-refractivity contribution in [1.29, 1.82) is 0 Å². The van der Waals surface area contributed by atoms with Gasteiger partial charge >= 0.3 is 0 Å². The van der Waals surface area contributed by atoms with Crippen molar-refractivity contribution in [3.63, 3.8) is 0 Å². The lowest BCUT2D eigenvalue weighted by Gasteiger charge is -2.05. The molecule has 0 spiro atoms. The molecule has 0 aliphatic rings. The Morgan fingerprint density at radius 3 is 2.94 bits per heavy atom. The second-order valence-electron chi connectivity index (χ2n) is 3.80. The fraction of sp³-hybridized carbons (Fsp3) is 0.250. The average molecular weight is 245 g/mol. The molecule has 0 radical (unpaired) electrons. The van der Waals surface area contributed by atoms with Crippen molar-refractivity contribution in [2.45, 2.75) is 12.8 Å². The Bertz CT molecular complexity index is 492. The molecule has 2 aromatic heterocycles. The molecule has 94 valence electrons. The lowest BCUT2D eigenvalue weighted by molar-refractivity contribution is -0.116. The number of nitrogens with zero attached hydrogens (tertiary/aromatic N) is 3. The van der Waals surface area contributed by atoms with Crippen LogP contribution in [0.3, 0.4) is 0 Å². The highest BCUT2D eigenvalue weighted by atomic mass is 16.1. The minimum Gasteiger partial charge on any atom is -0.330 e. The molecule has 2 heterocycles. The van der Waals surface area contributed by atoms with E-state index in [1.54, 1.807) is 29.2 Å². The van der Waals surface area contributed by atoms with E-state index in [0.29, 0.717) is 30.9 Å². The lowest BCUT2D eigenvalue weighted by Crippen LogP contribution is -2.13. The average Bonchev–Trinajstić information content (AvgIpc) is 2.91. The number of hydrogen-bond acceptors (Lipinski definition) is 4. The van der Waals surface area contributed by atoms with Crippen molar-refractivity contribution in [2.75, 3.05) is 11.9 Å². The summed E-state index contributed by atoms with van der Waals surface area (Å²) in [6.45, 7) is 0.518. The maximum Gasteiger partial charge on any atom is 0.224 e. The van der Waals surface area contributed by atoms with Gasteiger partial charge in [-0.3, -0.25) is 4.79 Å². The van der Waals surface area contributed by atoms with Crippen molar-refractivity contribution in [3.8, 4) is 5.82 Å². The number of aromatic nitrogens is 3. The van der Waals surface area contributed by atoms with E-state index in [1.165, 1.54) is 0 Å². The molecule has 6 nitrogen and oxygen atoms in total. The van der Waals surface area contributed by atoms with Gasteiger partial charge in [0.05, 0.1) is 11.9 Å². The Morgan fingerprint density at radius 1 is 1.44 bits per heavy atom. The van der Waals surface area contributed by atoms with Crippen molar-refractivity contribution in [1.82, 2.24) is 14.8 Å². The van der Waals surface area contributed by atoms with Gasteiger partial charge in [0.2, 0.25) is 5.91 Å². The lowest BCUT2D eigenvalue weighted by atomic mass is 10.3. The van der Waals surface area contributed by atoms with Crippen LogP contribution < -0.4 is 11.1 Å². The second kappa shape index (κ2) is 5.92. The van der Waals surface area contributed by atoms with Gasteiger partial charge in [-0.1, -0.05) is 0 Å². The molecule has 0 bridgehead atoms. The number of anilines is 1. The fourth-order valence-electron chi connectivity index (χ4n) is 1.49. The van der Waals surface area contributed by atoms with Gasteiger partial charge < -0.3 is 11.1 Å². The Kier molecular flexibility index (Phi) is 4.03. The van der Waals surface area contributed by atoms with Crippen LogP contribution in [0.4, 0.5) is 5.69 Å². The van der Waals surface area contributed by atoms with Crippen LogP contribution in [0, 0.1) is 0 Å². The summed E-state index contributed by atoms with van der Waals surface area (Å²) in [7, 11) is 0. The molecule has 0 atom stereocenters. The molecule has 2 aromatic rings. The molecule has 2 rings (SSSR count). The molecule has 0 saturated heterocycles. The number of carbonyl (C=O) groups excluding carboxylic acids is 1. The van der Waals surface area contributed by atoms with Gasteiger partial charge in [-0.25, -0.2) is 9.67 Å². The van der Waals surface area contributed by atoms with Crippen molar-refractivity contribution >= 4 is 11.6 Å². The summed E-state index contributed by atoms with van der Waals surface area (Å²) in [5.74, 6) is 0.661. The molecule has 18 heavy (non-hydrogen) atoms. The topological polar surface area (TPSA) is 85.8 Å². The molecule has 1 amide bonds. The zero-order valence-electron chi connectivity index (χ0n) is 9.91. The molecule has 0 unspecified atom stereocenters. The van der Waals surface area contributed by atoms with Gasteiger partial charge in [-0.2, -0.15) is 5.10 Å². The molecule has 0 saturated carbocycles. The van der Waals surface area contributed by atoms with E-state index in [4.69, 9.17) is 5.73 Å². The molecule has 6 heteroatoms. The van der Waals surface area contributed by atoms with E-state index < -0.39 is 0 Å². The largest absolute Gasteiger partial charge is 0.330 e. The standard InChI is InChI=1S/C12H15N5O/c13-6-1-3-12(18)16-10-4-5-11(14-9-10)17-8-2-7-15-17/h2,4-5,7-9H,1,3,6,13H2,(H,16,18). The number of hydrogen-bond donors (Lipinski definition) is 2. The number of amides is 1. The number of nitrogens with one attached hydrogen (secondary N) is 1. The minimum atomic E-state index is -0.0471. The molecule has 3 N–H and O–H groups in total. The van der Waals surface area contributed by atoms with Crippen LogP contribution >= 0.6 is 0 Å². The van der Waals surface area contributed by atoms with Crippen LogP contribution in [0.15, 0.2) is 36.8 Å². The number of rotatable bonds is 5. The molecular weight excluding hydrogens is 230 g/mol. The first kappa shape index (κ1) is 12.3. The van der Waals surface area contributed by atoms with Crippen LogP contribution in [0.2, 0.25) is 0 Å². The summed E-state index contributed by atoms with van der Waals surface area (Å²) in [5, 5.41) is 6.83. The highest BCUT2D eigenvalue weighted by Crippen LogP contribution is 2.09. The summed E-state index contributed by atoms with van der Waals surface area (Å²) in [4.78, 5) is 15.7. The number of nitrogens with two attached hydrogens (primary N) is 1. The van der Waals surface area contributed by atoms with Gasteiger partial charge in [0.25, 0.3) is 0 Å². The van der Waals surface area contributed by atoms with E-state index >= 15 is 0 Å². The second-order valence-corrected chi connectivity index (χ2v) is 3.80. The SMILES string of the molecule is NCCCC(=O)Nc1ccc(-n2cccn2)nc1. The zero-order chi connectivity index (χ0) is 12.8. The Balaban J connectivity index is 1.98. The first-order valence-corrected chi connectivity index (χ1v) is 5.75. The maximum absolute atomic E-state index is 11.5. The minimum absolute atomic E-state index is 0.0471. The Hall–Kier alpha value is -2.21. The summed E-state index contributed by atoms with van der Waals surface area (Å²) in [6.07, 6.45) is 6.21. The van der Waals surface area contributed by atoms with E-state index in [2.05, 4.69) is 15.4 Å². The summed E-state index contributed by atoms with van der Waals surface area (Å²) in [6, 6.07) is 5.42. The normalized spacial score (nSPS) is 10.3. The summed E-state index contributed by atoms with van der Waals surface area (Å²) >= 11 is 0. The smallest absolute Gasteiger partial charge is 0.224 e. The summed E-state index contributed by atoms with van der Waals surface area (Å²) in [5.41, 5.74) is 6.02. The molecule has 0 aliphatic heterocycles. The zero-order valence-corrected chi connectivity index (χ0v) is 9.91. The third-order valence-corrected chi connectivity index (χ3v) is 2.38. The quantitative estimate of drug-likeness (QED) is 0.821. The van der Waals surface area contributed by atoms with E-state index in [0.717, 1.165) is 0 Å². The molecular formula is C12H15N5O. The van der Waals surface area contributed by atoms with Crippen molar-refractivity contribution in [3.05, 3.63) is 36.8 Å². The van der Waals surface area contributed by atoms with E-state index in [-0.39, 0.29) is 5.91 Å². The molecule has 0 aromatic carbocycles. The Morgan fingerprint density at radius 2 is 2.33 bits per heavy atom. The number of pyridine rings is 1. The molecule has 0 aliphatic carbocycles. The van der Waals surface area contributed by atoms with Gasteiger partial charge in [-0.05, 0) is 31.2 Å². The predicted molar refractivity (Wildman–Crippen MR) is 68.3 cm³/mol. The number of carbonyl (C=O) groups is 1. The van der Waals surface area contributed by atoms with Crippen LogP contribution in [0.25, 0.3) is 5.82 Å². The monoisotopic (exact) mass is 245 g/mol. The highest BCUT2D eigenvalue weighted by molar-refractivity contribution is 5.90. The van der Waals surface area contributed by atoms with Gasteiger partial charge in [0, 0.05) is 18.8 Å². The van der Waals surface area contributed by atoms with Gasteiger partial charge in [-0.15, -0.1) is 0 Å². The third kappa shape index (κ3) is 3.14. The van der Waals surface area contributed by atoms with E-state index in [1.807, 2.05) is 12.3 Å². The van der Waals surface area contributed by atoms with E-state index in [9.17, 15) is 4.79 Å². The van der Waals surface area contributed by atoms with Crippen LogP contribution in [-0.2, 0) is 4.79 Å². The highest BCUT2D eigenvalue weighted by Gasteiger charge is 2.03. The maximum atomic E-state index is 11.5. The van der Waals surface area contributed by atoms with Gasteiger partial charge in [0.15, 0.2) is 5.82 Å². The van der Waals surface area contributed by atoms with Crippen molar-refractivity contribution < 1.29 is 4.79 Å². The van der Waals surface area contributed by atoms with Crippen LogP contribution in [-0.4, -0.2) is 27.2 Å². The fourth-order valence-corrected chi connectivity index (χ4v) is 1.49. The Labute approximate surface area is 105 Å². The van der Waals surface area contributed by atoms with Crippen LogP contribution in [0.5, 0.6) is 0 Å². The van der Waals surface area contributed by atoms with Crippen molar-refractivity contribution in [2.24, 2.45) is 5.73 Å². The van der Waals surface area contributed by atoms with Crippen LogP contribution in [0.1, 0.15) is 12.8 Å².